The van der Waals surface area contributed by atoms with Gasteiger partial charge >= 0.3 is 5.69 Å². The smallest absolute Gasteiger partial charge is 0.327 e. The zero-order chi connectivity index (χ0) is 10.5. The van der Waals surface area contributed by atoms with Gasteiger partial charge in [-0.05, 0) is 15.9 Å². The zero-order valence-electron chi connectivity index (χ0n) is 8.54. The van der Waals surface area contributed by atoms with E-state index in [0.29, 0.717) is 15.9 Å². The first-order chi connectivity index (χ1) is 6.52. The number of hydrogen-bond acceptors (Lipinski definition) is 3. The number of aromatic nitrogens is 4. The summed E-state index contributed by atoms with van der Waals surface area (Å²) in [7, 11) is 3.00. The van der Waals surface area contributed by atoms with Crippen molar-refractivity contribution in [2.75, 3.05) is 0 Å². The van der Waals surface area contributed by atoms with Crippen molar-refractivity contribution in [2.24, 2.45) is 14.1 Å². The summed E-state index contributed by atoms with van der Waals surface area (Å²) >= 11 is 3.11. The van der Waals surface area contributed by atoms with Crippen LogP contribution in [0, 0.1) is 0 Å². The van der Waals surface area contributed by atoms with Gasteiger partial charge < -0.3 is 4.98 Å². The van der Waals surface area contributed by atoms with Gasteiger partial charge in [0.05, 0.1) is 0 Å². The summed E-state index contributed by atoms with van der Waals surface area (Å²) in [6.07, 6.45) is 0. The molecule has 0 bridgehead atoms. The van der Waals surface area contributed by atoms with Crippen LogP contribution in [0.1, 0.15) is 0 Å². The molecule has 0 aromatic carbocycles. The summed E-state index contributed by atoms with van der Waals surface area (Å²) in [4.78, 5) is 29.8. The van der Waals surface area contributed by atoms with E-state index in [1.807, 2.05) is 0 Å². The van der Waals surface area contributed by atoms with Crippen molar-refractivity contribution < 1.29 is 0 Å². The van der Waals surface area contributed by atoms with E-state index in [0.717, 1.165) is 4.57 Å². The van der Waals surface area contributed by atoms with E-state index >= 15 is 0 Å². The number of hydrogen-bond donors (Lipinski definition) is 1. The fraction of sp³-hybridized carbons (Fsp3) is 0.286. The number of aryl methyl sites for hydroxylation is 1. The summed E-state index contributed by atoms with van der Waals surface area (Å²) in [5.74, 6) is 0. The molecule has 6 nitrogen and oxygen atoms in total. The number of aromatic amines is 1. The van der Waals surface area contributed by atoms with Crippen molar-refractivity contribution in [3.63, 3.8) is 0 Å². The van der Waals surface area contributed by atoms with Gasteiger partial charge in [0.1, 0.15) is 0 Å². The van der Waals surface area contributed by atoms with E-state index in [1.165, 1.54) is 11.6 Å². The van der Waals surface area contributed by atoms with Crippen molar-refractivity contribution in [2.45, 2.75) is 0 Å². The van der Waals surface area contributed by atoms with Crippen molar-refractivity contribution in [1.82, 2.24) is 19.1 Å². The molecule has 0 saturated carbocycles. The monoisotopic (exact) mass is 281 g/mol. The summed E-state index contributed by atoms with van der Waals surface area (Å²) in [6, 6.07) is 0. The van der Waals surface area contributed by atoms with Crippen LogP contribution in [0.4, 0.5) is 0 Å². The maximum Gasteiger partial charge on any atom is 0.332 e. The Kier molecular flexibility index (Phi) is 3.59. The van der Waals surface area contributed by atoms with Gasteiger partial charge in [-0.1, -0.05) is 0 Å². The van der Waals surface area contributed by atoms with E-state index in [4.69, 9.17) is 0 Å². The predicted octanol–water partition coefficient (Wildman–Crippen LogP) is -0.658. The Balaban J connectivity index is 0.00000112. The molecule has 0 spiro atoms. The third kappa shape index (κ3) is 1.84. The summed E-state index contributed by atoms with van der Waals surface area (Å²) < 4.78 is 2.79. The average Bonchev–Trinajstić information content (AvgIpc) is 2.54. The van der Waals surface area contributed by atoms with Crippen molar-refractivity contribution in [3.05, 3.63) is 25.6 Å². The quantitative estimate of drug-likeness (QED) is 0.515. The Bertz CT molecular complexity index is 626. The molecule has 8 heteroatoms. The Hall–Kier alpha value is -0.370. The number of halogens is 1. The van der Waals surface area contributed by atoms with Crippen molar-refractivity contribution in [1.29, 1.82) is 0 Å². The summed E-state index contributed by atoms with van der Waals surface area (Å²) in [5.41, 5.74) is -0.0887. The van der Waals surface area contributed by atoms with Gasteiger partial charge in [0.25, 0.3) is 5.56 Å². The standard InChI is InChI=1S/C7H7BrN4O2.Na/c1-11-4-3(9-6(8)10-4)5(13)12(2)7(11)14;/h1-2H3,(H,9,10);. The number of rotatable bonds is 0. The molecule has 0 saturated heterocycles. The van der Waals surface area contributed by atoms with Crippen molar-refractivity contribution >= 4 is 56.7 Å². The second-order valence-electron chi connectivity index (χ2n) is 2.93. The minimum absolute atomic E-state index is 0. The van der Waals surface area contributed by atoms with Gasteiger partial charge in [-0.3, -0.25) is 13.9 Å². The van der Waals surface area contributed by atoms with Crippen molar-refractivity contribution in [3.8, 4) is 0 Å². The van der Waals surface area contributed by atoms with Crippen LogP contribution in [0.3, 0.4) is 0 Å². The van der Waals surface area contributed by atoms with Gasteiger partial charge in [-0.15, -0.1) is 0 Å². The molecule has 0 fully saturated rings. The molecule has 2 rings (SSSR count). The van der Waals surface area contributed by atoms with E-state index in [1.54, 1.807) is 7.05 Å². The molecule has 2 aromatic rings. The van der Waals surface area contributed by atoms with Crippen LogP contribution in [0.25, 0.3) is 11.2 Å². The third-order valence-corrected chi connectivity index (χ3v) is 2.44. The number of nitrogens with one attached hydrogen (secondary N) is 1. The number of fused-ring (bicyclic) bond motifs is 1. The molecule has 0 aliphatic rings. The molecule has 15 heavy (non-hydrogen) atoms. The number of nitrogens with zero attached hydrogens (tertiary/aromatic N) is 3. The molecule has 2 aromatic heterocycles. The van der Waals surface area contributed by atoms with Crippen LogP contribution in [0.15, 0.2) is 14.3 Å². The van der Waals surface area contributed by atoms with Crippen LogP contribution in [0.2, 0.25) is 0 Å². The second kappa shape index (κ2) is 4.25. The summed E-state index contributed by atoms with van der Waals surface area (Å²) in [6.45, 7) is 0. The largest absolute Gasteiger partial charge is 0.332 e. The van der Waals surface area contributed by atoms with Gasteiger partial charge in [0.15, 0.2) is 15.9 Å². The SMILES string of the molecule is Cn1c(=O)c2[nH]c(Br)nc2n(C)c1=O.[Na]. The minimum Gasteiger partial charge on any atom is -0.327 e. The van der Waals surface area contributed by atoms with Gasteiger partial charge in [-0.25, -0.2) is 9.78 Å². The maximum atomic E-state index is 11.6. The second-order valence-corrected chi connectivity index (χ2v) is 3.68. The van der Waals surface area contributed by atoms with Gasteiger partial charge in [-0.2, -0.15) is 0 Å². The van der Waals surface area contributed by atoms with Crippen LogP contribution in [-0.2, 0) is 14.1 Å². The first kappa shape index (κ1) is 12.7. The van der Waals surface area contributed by atoms with E-state index in [-0.39, 0.29) is 40.8 Å². The molecule has 75 valence electrons. The van der Waals surface area contributed by atoms with E-state index in [2.05, 4.69) is 25.9 Å². The molecule has 0 atom stereocenters. The Labute approximate surface area is 115 Å². The molecule has 1 radical (unpaired) electrons. The normalized spacial score (nSPS) is 10.3. The van der Waals surface area contributed by atoms with Gasteiger partial charge in [0.2, 0.25) is 0 Å². The van der Waals surface area contributed by atoms with Crippen LogP contribution in [0.5, 0.6) is 0 Å². The van der Waals surface area contributed by atoms with Crippen LogP contribution >= 0.6 is 15.9 Å². The fourth-order valence-corrected chi connectivity index (χ4v) is 1.66. The number of imidazole rings is 1. The molecular weight excluding hydrogens is 275 g/mol. The summed E-state index contributed by atoms with van der Waals surface area (Å²) in [5, 5.41) is 0. The molecular formula is C7H7BrN4NaO2. The maximum absolute atomic E-state index is 11.6. The fourth-order valence-electron chi connectivity index (χ4n) is 1.30. The third-order valence-electron chi connectivity index (χ3n) is 2.07. The molecule has 0 aliphatic carbocycles. The predicted molar refractivity (Wildman–Crippen MR) is 60.0 cm³/mol. The first-order valence-corrected chi connectivity index (χ1v) is 4.63. The molecule has 0 amide bonds. The Morgan fingerprint density at radius 2 is 1.87 bits per heavy atom. The zero-order valence-corrected chi connectivity index (χ0v) is 12.1. The first-order valence-electron chi connectivity index (χ1n) is 3.83. The molecule has 0 aliphatic heterocycles. The van der Waals surface area contributed by atoms with E-state index in [9.17, 15) is 9.59 Å². The van der Waals surface area contributed by atoms with Crippen LogP contribution in [-0.4, -0.2) is 48.7 Å². The van der Waals surface area contributed by atoms with Gasteiger partial charge in [0, 0.05) is 43.7 Å². The van der Waals surface area contributed by atoms with Crippen LogP contribution < -0.4 is 11.2 Å². The topological polar surface area (TPSA) is 72.7 Å². The molecule has 1 N–H and O–H groups in total. The molecule has 2 heterocycles. The minimum atomic E-state index is -0.387. The Morgan fingerprint density at radius 1 is 1.27 bits per heavy atom. The Morgan fingerprint density at radius 3 is 2.47 bits per heavy atom. The average molecular weight is 282 g/mol. The molecule has 0 unspecified atom stereocenters. The van der Waals surface area contributed by atoms with E-state index < -0.39 is 0 Å². The number of H-pyrrole nitrogens is 1.